The largest absolute Gasteiger partial charge is 0.495 e. The Morgan fingerprint density at radius 2 is 2.07 bits per heavy atom. The molecule has 1 aliphatic heterocycles. The number of para-hydroxylation sites is 2. The van der Waals surface area contributed by atoms with Crippen molar-refractivity contribution in [3.63, 3.8) is 0 Å². The summed E-state index contributed by atoms with van der Waals surface area (Å²) in [6, 6.07) is 13.3. The third-order valence-corrected chi connectivity index (χ3v) is 5.18. The minimum atomic E-state index is -0.174. The van der Waals surface area contributed by atoms with Crippen LogP contribution in [0.1, 0.15) is 17.5 Å². The van der Waals surface area contributed by atoms with Gasteiger partial charge in [0.25, 0.3) is 0 Å². The Bertz CT molecular complexity index is 824. The Kier molecular flexibility index (Phi) is 6.74. The van der Waals surface area contributed by atoms with Crippen LogP contribution in [0.4, 0.5) is 10.1 Å². The van der Waals surface area contributed by atoms with Gasteiger partial charge in [-0.15, -0.1) is 0 Å². The van der Waals surface area contributed by atoms with Crippen LogP contribution >= 0.6 is 0 Å². The van der Waals surface area contributed by atoms with E-state index in [2.05, 4.69) is 26.6 Å². The molecular weight excluding hydrogens is 355 g/mol. The summed E-state index contributed by atoms with van der Waals surface area (Å²) in [5.41, 5.74) is 2.84. The SMILES string of the molecule is CN=C(NCc1ccc(F)c(C)c1)NCC1CCN(c2ccccc2OC)C1. The first-order valence-electron chi connectivity index (χ1n) is 9.68. The zero-order valence-electron chi connectivity index (χ0n) is 16.8. The summed E-state index contributed by atoms with van der Waals surface area (Å²) in [5.74, 6) is 2.05. The Hall–Kier alpha value is -2.76. The molecule has 1 saturated heterocycles. The third kappa shape index (κ3) is 4.94. The number of nitrogens with one attached hydrogen (secondary N) is 2. The first-order valence-corrected chi connectivity index (χ1v) is 9.68. The number of hydrogen-bond donors (Lipinski definition) is 2. The average molecular weight is 384 g/mol. The van der Waals surface area contributed by atoms with Crippen LogP contribution in [0.2, 0.25) is 0 Å². The van der Waals surface area contributed by atoms with Crippen LogP contribution in [-0.2, 0) is 6.54 Å². The summed E-state index contributed by atoms with van der Waals surface area (Å²) in [6.07, 6.45) is 1.12. The highest BCUT2D eigenvalue weighted by Crippen LogP contribution is 2.31. The fourth-order valence-corrected chi connectivity index (χ4v) is 3.57. The normalized spacial score (nSPS) is 16.9. The summed E-state index contributed by atoms with van der Waals surface area (Å²) in [6.45, 7) is 5.25. The molecule has 0 spiro atoms. The van der Waals surface area contributed by atoms with E-state index in [4.69, 9.17) is 4.74 Å². The molecule has 1 heterocycles. The molecule has 3 rings (SSSR count). The van der Waals surface area contributed by atoms with E-state index in [1.54, 1.807) is 27.1 Å². The van der Waals surface area contributed by atoms with Crippen LogP contribution < -0.4 is 20.3 Å². The van der Waals surface area contributed by atoms with Gasteiger partial charge in [0.05, 0.1) is 12.8 Å². The number of anilines is 1. The first-order chi connectivity index (χ1) is 13.6. The van der Waals surface area contributed by atoms with Gasteiger partial charge >= 0.3 is 0 Å². The molecule has 1 fully saturated rings. The van der Waals surface area contributed by atoms with Crippen LogP contribution in [0, 0.1) is 18.7 Å². The maximum absolute atomic E-state index is 13.4. The van der Waals surface area contributed by atoms with E-state index in [1.165, 1.54) is 6.07 Å². The first kappa shape index (κ1) is 20.0. The molecular formula is C22H29FN4O. The fourth-order valence-electron chi connectivity index (χ4n) is 3.57. The predicted molar refractivity (Wildman–Crippen MR) is 113 cm³/mol. The van der Waals surface area contributed by atoms with Crippen LogP contribution in [0.15, 0.2) is 47.5 Å². The number of rotatable bonds is 6. The van der Waals surface area contributed by atoms with Crippen LogP contribution in [-0.4, -0.2) is 39.8 Å². The number of hydrogen-bond acceptors (Lipinski definition) is 3. The number of aliphatic imine (C=N–C) groups is 1. The monoisotopic (exact) mass is 384 g/mol. The molecule has 0 radical (unpaired) electrons. The number of halogens is 1. The Labute approximate surface area is 166 Å². The highest BCUT2D eigenvalue weighted by Gasteiger charge is 2.24. The lowest BCUT2D eigenvalue weighted by molar-refractivity contribution is 0.414. The third-order valence-electron chi connectivity index (χ3n) is 5.18. The zero-order chi connectivity index (χ0) is 19.9. The van der Waals surface area contributed by atoms with Crippen LogP contribution in [0.3, 0.4) is 0 Å². The van der Waals surface area contributed by atoms with Crippen molar-refractivity contribution in [1.29, 1.82) is 0 Å². The number of ether oxygens (including phenoxy) is 1. The standard InChI is InChI=1S/C22H29FN4O/c1-16-12-17(8-9-19(16)23)13-25-22(24-2)26-14-18-10-11-27(15-18)20-6-4-5-7-21(20)28-3/h4-9,12,18H,10-11,13-15H2,1-3H3,(H2,24,25,26). The van der Waals surface area contributed by atoms with Gasteiger partial charge in [0, 0.05) is 33.2 Å². The van der Waals surface area contributed by atoms with E-state index in [-0.39, 0.29) is 5.82 Å². The summed E-state index contributed by atoms with van der Waals surface area (Å²) < 4.78 is 18.9. The number of aryl methyl sites for hydroxylation is 1. The van der Waals surface area contributed by atoms with Crippen molar-refractivity contribution >= 4 is 11.6 Å². The lowest BCUT2D eigenvalue weighted by atomic mass is 10.1. The molecule has 28 heavy (non-hydrogen) atoms. The van der Waals surface area contributed by atoms with Gasteiger partial charge < -0.3 is 20.3 Å². The Balaban J connectivity index is 1.48. The van der Waals surface area contributed by atoms with E-state index in [0.717, 1.165) is 49.0 Å². The van der Waals surface area contributed by atoms with Gasteiger partial charge in [0.2, 0.25) is 0 Å². The summed E-state index contributed by atoms with van der Waals surface area (Å²) in [7, 11) is 3.48. The molecule has 5 nitrogen and oxygen atoms in total. The number of benzene rings is 2. The van der Waals surface area contributed by atoms with Gasteiger partial charge in [0.15, 0.2) is 5.96 Å². The lowest BCUT2D eigenvalue weighted by Gasteiger charge is -2.21. The zero-order valence-corrected chi connectivity index (χ0v) is 16.8. The van der Waals surface area contributed by atoms with Crippen LogP contribution in [0.25, 0.3) is 0 Å². The average Bonchev–Trinajstić information content (AvgIpc) is 3.19. The fraction of sp³-hybridized carbons (Fsp3) is 0.409. The topological polar surface area (TPSA) is 48.9 Å². The minimum Gasteiger partial charge on any atom is -0.495 e. The van der Waals surface area contributed by atoms with Gasteiger partial charge in [-0.25, -0.2) is 4.39 Å². The Morgan fingerprint density at radius 1 is 1.25 bits per heavy atom. The van der Waals surface area contributed by atoms with Crippen molar-refractivity contribution < 1.29 is 9.13 Å². The van der Waals surface area contributed by atoms with Crippen LogP contribution in [0.5, 0.6) is 5.75 Å². The molecule has 0 saturated carbocycles. The lowest BCUT2D eigenvalue weighted by Crippen LogP contribution is -2.40. The predicted octanol–water partition coefficient (Wildman–Crippen LogP) is 3.33. The molecule has 2 N–H and O–H groups in total. The summed E-state index contributed by atoms with van der Waals surface area (Å²) in [4.78, 5) is 6.67. The second-order valence-corrected chi connectivity index (χ2v) is 7.16. The molecule has 1 atom stereocenters. The van der Waals surface area contributed by atoms with Crippen molar-refractivity contribution in [2.24, 2.45) is 10.9 Å². The van der Waals surface area contributed by atoms with Gasteiger partial charge in [0.1, 0.15) is 11.6 Å². The number of guanidine groups is 1. The van der Waals surface area contributed by atoms with Gasteiger partial charge in [-0.1, -0.05) is 24.3 Å². The molecule has 0 amide bonds. The molecule has 0 bridgehead atoms. The maximum atomic E-state index is 13.4. The quantitative estimate of drug-likeness (QED) is 0.592. The van der Waals surface area contributed by atoms with Gasteiger partial charge in [-0.3, -0.25) is 4.99 Å². The van der Waals surface area contributed by atoms with E-state index in [9.17, 15) is 4.39 Å². The van der Waals surface area contributed by atoms with Crippen molar-refractivity contribution in [2.45, 2.75) is 19.9 Å². The van der Waals surface area contributed by atoms with Crippen molar-refractivity contribution in [3.05, 3.63) is 59.4 Å². The number of nitrogens with zero attached hydrogens (tertiary/aromatic N) is 2. The molecule has 1 unspecified atom stereocenters. The molecule has 150 valence electrons. The van der Waals surface area contributed by atoms with E-state index < -0.39 is 0 Å². The number of methoxy groups -OCH3 is 1. The molecule has 1 aliphatic rings. The van der Waals surface area contributed by atoms with Gasteiger partial charge in [-0.05, 0) is 48.6 Å². The smallest absolute Gasteiger partial charge is 0.191 e. The molecule has 6 heteroatoms. The highest BCUT2D eigenvalue weighted by atomic mass is 19.1. The van der Waals surface area contributed by atoms with E-state index >= 15 is 0 Å². The second kappa shape index (κ2) is 9.44. The second-order valence-electron chi connectivity index (χ2n) is 7.16. The Morgan fingerprint density at radius 3 is 2.82 bits per heavy atom. The summed E-state index contributed by atoms with van der Waals surface area (Å²) >= 11 is 0. The maximum Gasteiger partial charge on any atom is 0.191 e. The minimum absolute atomic E-state index is 0.174. The highest BCUT2D eigenvalue weighted by molar-refractivity contribution is 5.79. The van der Waals surface area contributed by atoms with Gasteiger partial charge in [-0.2, -0.15) is 0 Å². The molecule has 0 aromatic heterocycles. The van der Waals surface area contributed by atoms with Crippen molar-refractivity contribution in [1.82, 2.24) is 10.6 Å². The van der Waals surface area contributed by atoms with E-state index in [1.807, 2.05) is 24.3 Å². The summed E-state index contributed by atoms with van der Waals surface area (Å²) in [5, 5.41) is 6.72. The molecule has 0 aliphatic carbocycles. The molecule has 2 aromatic rings. The van der Waals surface area contributed by atoms with Crippen molar-refractivity contribution in [2.75, 3.05) is 38.7 Å². The molecule has 2 aromatic carbocycles. The van der Waals surface area contributed by atoms with E-state index in [0.29, 0.717) is 18.0 Å². The van der Waals surface area contributed by atoms with Crippen molar-refractivity contribution in [3.8, 4) is 5.75 Å².